The van der Waals surface area contributed by atoms with Crippen molar-refractivity contribution >= 4 is 17.4 Å². The average Bonchev–Trinajstić information content (AvgIpc) is 3.43. The van der Waals surface area contributed by atoms with Gasteiger partial charge in [-0.15, -0.1) is 0 Å². The highest BCUT2D eigenvalue weighted by Gasteiger charge is 2.22. The van der Waals surface area contributed by atoms with E-state index in [1.54, 1.807) is 36.4 Å². The molecule has 1 saturated carbocycles. The first-order valence-corrected chi connectivity index (χ1v) is 8.17. The molecule has 1 fully saturated rings. The van der Waals surface area contributed by atoms with E-state index < -0.39 is 5.91 Å². The molecule has 1 aliphatic rings. The maximum atomic E-state index is 13.1. The molecule has 0 aliphatic heterocycles. The molecule has 0 atom stereocenters. The van der Waals surface area contributed by atoms with Crippen molar-refractivity contribution in [2.24, 2.45) is 11.7 Å². The molecule has 3 N–H and O–H groups in total. The van der Waals surface area contributed by atoms with Gasteiger partial charge in [0.05, 0.1) is 0 Å². The zero-order valence-corrected chi connectivity index (χ0v) is 13.7. The lowest BCUT2D eigenvalue weighted by Crippen LogP contribution is -2.24. The third-order valence-electron chi connectivity index (χ3n) is 4.12. The van der Waals surface area contributed by atoms with Gasteiger partial charge in [0.1, 0.15) is 5.82 Å². The third kappa shape index (κ3) is 4.53. The number of carbonyl (C=O) groups is 2. The number of hydrogen-bond acceptors (Lipinski definition) is 2. The van der Waals surface area contributed by atoms with Crippen LogP contribution in [0.2, 0.25) is 0 Å². The molecule has 0 saturated heterocycles. The summed E-state index contributed by atoms with van der Waals surface area (Å²) in [5.74, 6) is -0.593. The van der Waals surface area contributed by atoms with E-state index in [4.69, 9.17) is 5.73 Å². The molecule has 0 bridgehead atoms. The zero-order valence-electron chi connectivity index (χ0n) is 13.7. The Labute approximate surface area is 145 Å². The largest absolute Gasteiger partial charge is 0.366 e. The molecular formula is C20H19FN2O2. The molecule has 5 heteroatoms. The van der Waals surface area contributed by atoms with Crippen LogP contribution in [0.4, 0.5) is 4.39 Å². The van der Waals surface area contributed by atoms with E-state index in [0.717, 1.165) is 18.4 Å². The molecule has 2 aromatic rings. The van der Waals surface area contributed by atoms with Gasteiger partial charge in [0, 0.05) is 17.7 Å². The Bertz CT molecular complexity index is 807. The van der Waals surface area contributed by atoms with E-state index in [1.165, 1.54) is 12.1 Å². The maximum Gasteiger partial charge on any atom is 0.251 e. The van der Waals surface area contributed by atoms with Crippen LogP contribution in [-0.4, -0.2) is 11.8 Å². The number of carbonyl (C=O) groups excluding carboxylic acids is 2. The summed E-state index contributed by atoms with van der Waals surface area (Å²) in [6.07, 6.45) is 4.11. The van der Waals surface area contributed by atoms with Gasteiger partial charge in [-0.05, 0) is 54.2 Å². The number of halogens is 1. The quantitative estimate of drug-likeness (QED) is 0.795. The van der Waals surface area contributed by atoms with Gasteiger partial charge >= 0.3 is 0 Å². The Balaban J connectivity index is 1.70. The molecule has 2 aromatic carbocycles. The van der Waals surface area contributed by atoms with Gasteiger partial charge in [-0.25, -0.2) is 4.39 Å². The molecule has 128 valence electrons. The van der Waals surface area contributed by atoms with Crippen molar-refractivity contribution in [1.82, 2.24) is 5.32 Å². The lowest BCUT2D eigenvalue weighted by molar-refractivity contribution is -0.115. The number of primary amides is 1. The summed E-state index contributed by atoms with van der Waals surface area (Å²) in [4.78, 5) is 23.7. The maximum absolute atomic E-state index is 13.1. The van der Waals surface area contributed by atoms with E-state index in [0.29, 0.717) is 29.2 Å². The Kier molecular flexibility index (Phi) is 4.93. The van der Waals surface area contributed by atoms with Gasteiger partial charge in [-0.3, -0.25) is 9.59 Å². The Hall–Kier alpha value is -2.95. The summed E-state index contributed by atoms with van der Waals surface area (Å²) in [5, 5.41) is 2.88. The van der Waals surface area contributed by atoms with Crippen molar-refractivity contribution in [2.45, 2.75) is 19.4 Å². The van der Waals surface area contributed by atoms with Gasteiger partial charge in [0.2, 0.25) is 5.91 Å². The first kappa shape index (κ1) is 16.9. The summed E-state index contributed by atoms with van der Waals surface area (Å²) in [5.41, 5.74) is 7.77. The van der Waals surface area contributed by atoms with Gasteiger partial charge in [-0.2, -0.15) is 0 Å². The van der Waals surface area contributed by atoms with Crippen LogP contribution in [0, 0.1) is 11.7 Å². The molecule has 3 rings (SSSR count). The number of nitrogens with one attached hydrogen (secondary N) is 1. The SMILES string of the molecule is NC(=O)c1ccc(CNC(=O)/C(=C/C2CC2)c2ccc(F)cc2)cc1. The lowest BCUT2D eigenvalue weighted by Gasteiger charge is -2.10. The summed E-state index contributed by atoms with van der Waals surface area (Å²) in [6, 6.07) is 12.7. The Morgan fingerprint density at radius 3 is 2.20 bits per heavy atom. The van der Waals surface area contributed by atoms with Crippen LogP contribution < -0.4 is 11.1 Å². The van der Waals surface area contributed by atoms with Gasteiger partial charge in [0.25, 0.3) is 5.91 Å². The van der Waals surface area contributed by atoms with Gasteiger partial charge < -0.3 is 11.1 Å². The van der Waals surface area contributed by atoms with E-state index >= 15 is 0 Å². The van der Waals surface area contributed by atoms with Crippen molar-refractivity contribution in [3.8, 4) is 0 Å². The molecular weight excluding hydrogens is 319 g/mol. The number of rotatable bonds is 6. The highest BCUT2D eigenvalue weighted by molar-refractivity contribution is 6.19. The van der Waals surface area contributed by atoms with Crippen molar-refractivity contribution in [3.05, 3.63) is 77.1 Å². The van der Waals surface area contributed by atoms with Crippen LogP contribution in [0.5, 0.6) is 0 Å². The second-order valence-corrected chi connectivity index (χ2v) is 6.17. The predicted octanol–water partition coefficient (Wildman–Crippen LogP) is 3.03. The number of allylic oxidation sites excluding steroid dienone is 1. The zero-order chi connectivity index (χ0) is 17.8. The molecule has 4 nitrogen and oxygen atoms in total. The summed E-state index contributed by atoms with van der Waals surface area (Å²) < 4.78 is 13.1. The fraction of sp³-hybridized carbons (Fsp3) is 0.200. The molecule has 0 spiro atoms. The number of nitrogens with two attached hydrogens (primary N) is 1. The van der Waals surface area contributed by atoms with Crippen molar-refractivity contribution in [3.63, 3.8) is 0 Å². The van der Waals surface area contributed by atoms with Crippen LogP contribution in [0.25, 0.3) is 5.57 Å². The van der Waals surface area contributed by atoms with Crippen LogP contribution in [0.1, 0.15) is 34.3 Å². The lowest BCUT2D eigenvalue weighted by atomic mass is 10.0. The number of benzene rings is 2. The topological polar surface area (TPSA) is 72.2 Å². The monoisotopic (exact) mass is 338 g/mol. The standard InChI is InChI=1S/C20H19FN2O2/c21-17-9-7-15(8-10-17)18(11-13-1-2-13)20(25)23-12-14-3-5-16(6-4-14)19(22)24/h3-11,13H,1-2,12H2,(H2,22,24)(H,23,25)/b18-11+. The van der Waals surface area contributed by atoms with E-state index in [-0.39, 0.29) is 11.7 Å². The first-order valence-electron chi connectivity index (χ1n) is 8.17. The number of hydrogen-bond donors (Lipinski definition) is 2. The molecule has 2 amide bonds. The predicted molar refractivity (Wildman–Crippen MR) is 93.9 cm³/mol. The normalized spacial score (nSPS) is 14.2. The van der Waals surface area contributed by atoms with Crippen molar-refractivity contribution in [2.75, 3.05) is 0 Å². The number of amides is 2. The van der Waals surface area contributed by atoms with Crippen molar-refractivity contribution in [1.29, 1.82) is 0 Å². The third-order valence-corrected chi connectivity index (χ3v) is 4.12. The smallest absolute Gasteiger partial charge is 0.251 e. The average molecular weight is 338 g/mol. The van der Waals surface area contributed by atoms with Gasteiger partial charge in [0.15, 0.2) is 0 Å². The molecule has 0 unspecified atom stereocenters. The molecule has 25 heavy (non-hydrogen) atoms. The van der Waals surface area contributed by atoms with Crippen LogP contribution in [-0.2, 0) is 11.3 Å². The summed E-state index contributed by atoms with van der Waals surface area (Å²) >= 11 is 0. The van der Waals surface area contributed by atoms with Crippen LogP contribution in [0.15, 0.2) is 54.6 Å². The van der Waals surface area contributed by atoms with Crippen LogP contribution >= 0.6 is 0 Å². The Morgan fingerprint density at radius 2 is 1.64 bits per heavy atom. The second-order valence-electron chi connectivity index (χ2n) is 6.17. The molecule has 1 aliphatic carbocycles. The second kappa shape index (κ2) is 7.30. The minimum atomic E-state index is -0.485. The summed E-state index contributed by atoms with van der Waals surface area (Å²) in [6.45, 7) is 0.334. The minimum Gasteiger partial charge on any atom is -0.366 e. The minimum absolute atomic E-state index is 0.197. The fourth-order valence-electron chi connectivity index (χ4n) is 2.50. The molecule has 0 aromatic heterocycles. The fourth-order valence-corrected chi connectivity index (χ4v) is 2.50. The van der Waals surface area contributed by atoms with Crippen molar-refractivity contribution < 1.29 is 14.0 Å². The first-order chi connectivity index (χ1) is 12.0. The van der Waals surface area contributed by atoms with E-state index in [2.05, 4.69) is 5.32 Å². The highest BCUT2D eigenvalue weighted by Crippen LogP contribution is 2.33. The van der Waals surface area contributed by atoms with Gasteiger partial charge in [-0.1, -0.05) is 30.3 Å². The highest BCUT2D eigenvalue weighted by atomic mass is 19.1. The molecule has 0 heterocycles. The Morgan fingerprint density at radius 1 is 1.04 bits per heavy atom. The van der Waals surface area contributed by atoms with E-state index in [9.17, 15) is 14.0 Å². The van der Waals surface area contributed by atoms with E-state index in [1.807, 2.05) is 6.08 Å². The summed E-state index contributed by atoms with van der Waals surface area (Å²) in [7, 11) is 0. The molecule has 0 radical (unpaired) electrons. The van der Waals surface area contributed by atoms with Crippen LogP contribution in [0.3, 0.4) is 0 Å².